The van der Waals surface area contributed by atoms with E-state index < -0.39 is 22.8 Å². The molecule has 3 aromatic rings. The molecular weight excluding hydrogens is 352 g/mol. The molecule has 0 aliphatic heterocycles. The summed E-state index contributed by atoms with van der Waals surface area (Å²) in [5.74, 6) is -0.637. The number of hydrogen-bond donors (Lipinski definition) is 3. The number of aromatic amines is 1. The van der Waals surface area contributed by atoms with Crippen molar-refractivity contribution in [2.75, 3.05) is 14.2 Å². The summed E-state index contributed by atoms with van der Waals surface area (Å²) in [5.41, 5.74) is 1.78. The van der Waals surface area contributed by atoms with E-state index in [1.807, 2.05) is 0 Å². The summed E-state index contributed by atoms with van der Waals surface area (Å²) in [6, 6.07) is 8.16. The lowest BCUT2D eigenvalue weighted by Crippen LogP contribution is -2.26. The fourth-order valence-electron chi connectivity index (χ4n) is 2.48. The van der Waals surface area contributed by atoms with Gasteiger partial charge in [-0.25, -0.2) is 5.43 Å². The number of amides is 1. The molecule has 27 heavy (non-hydrogen) atoms. The number of rotatable bonds is 5. The van der Waals surface area contributed by atoms with Gasteiger partial charge in [-0.2, -0.15) is 5.10 Å². The van der Waals surface area contributed by atoms with E-state index in [9.17, 15) is 14.7 Å². The van der Waals surface area contributed by atoms with E-state index in [0.29, 0.717) is 22.7 Å². The predicted octanol–water partition coefficient (Wildman–Crippen LogP) is 1.41. The summed E-state index contributed by atoms with van der Waals surface area (Å²) in [6.45, 7) is 0. The Labute approximate surface area is 153 Å². The maximum absolute atomic E-state index is 12.3. The van der Waals surface area contributed by atoms with Crippen LogP contribution >= 0.6 is 0 Å². The molecule has 0 radical (unpaired) electrons. The van der Waals surface area contributed by atoms with Crippen molar-refractivity contribution < 1.29 is 19.4 Å². The van der Waals surface area contributed by atoms with Gasteiger partial charge in [-0.15, -0.1) is 0 Å². The van der Waals surface area contributed by atoms with E-state index in [1.54, 1.807) is 24.4 Å². The number of pyridine rings is 2. The van der Waals surface area contributed by atoms with Gasteiger partial charge >= 0.3 is 0 Å². The van der Waals surface area contributed by atoms with Crippen molar-refractivity contribution in [2.45, 2.75) is 0 Å². The molecular formula is C18H16N4O5. The van der Waals surface area contributed by atoms with Gasteiger partial charge in [0.25, 0.3) is 11.5 Å². The van der Waals surface area contributed by atoms with Gasteiger partial charge in [-0.1, -0.05) is 6.07 Å². The molecule has 0 spiro atoms. The van der Waals surface area contributed by atoms with Gasteiger partial charge in [0.2, 0.25) is 0 Å². The standard InChI is InChI=1S/C18H16N4O5/c1-26-13-7-11-12(8-14(13)27-2)21-17(24)15(16(11)23)18(25)22-20-9-10-5-3-4-6-19-10/h3-9H,1-2H3,(H,22,25)(H2,21,23,24). The lowest BCUT2D eigenvalue weighted by Gasteiger charge is -2.11. The number of carbonyl (C=O) groups excluding carboxylic acids is 1. The van der Waals surface area contributed by atoms with Crippen LogP contribution in [0.3, 0.4) is 0 Å². The number of methoxy groups -OCH3 is 2. The van der Waals surface area contributed by atoms with Crippen LogP contribution in [0.1, 0.15) is 16.1 Å². The van der Waals surface area contributed by atoms with E-state index in [-0.39, 0.29) is 5.39 Å². The Bertz CT molecular complexity index is 1080. The van der Waals surface area contributed by atoms with E-state index in [2.05, 4.69) is 20.5 Å². The van der Waals surface area contributed by atoms with Crippen molar-refractivity contribution in [3.63, 3.8) is 0 Å². The van der Waals surface area contributed by atoms with Crippen LogP contribution in [-0.2, 0) is 0 Å². The van der Waals surface area contributed by atoms with Gasteiger partial charge in [0.1, 0.15) is 11.3 Å². The van der Waals surface area contributed by atoms with Crippen LogP contribution in [0.5, 0.6) is 17.2 Å². The first-order valence-corrected chi connectivity index (χ1v) is 7.80. The van der Waals surface area contributed by atoms with Crippen LogP contribution in [0.4, 0.5) is 0 Å². The first kappa shape index (κ1) is 17.9. The average molecular weight is 368 g/mol. The fourth-order valence-corrected chi connectivity index (χ4v) is 2.48. The van der Waals surface area contributed by atoms with Crippen LogP contribution in [0.25, 0.3) is 10.9 Å². The zero-order valence-electron chi connectivity index (χ0n) is 14.5. The van der Waals surface area contributed by atoms with Gasteiger partial charge in [-0.3, -0.25) is 14.6 Å². The first-order chi connectivity index (χ1) is 13.0. The zero-order valence-corrected chi connectivity index (χ0v) is 14.5. The maximum atomic E-state index is 12.3. The van der Waals surface area contributed by atoms with Crippen molar-refractivity contribution in [1.29, 1.82) is 0 Å². The smallest absolute Gasteiger partial charge is 0.280 e. The molecule has 2 heterocycles. The molecule has 0 atom stereocenters. The normalized spacial score (nSPS) is 10.9. The highest BCUT2D eigenvalue weighted by Gasteiger charge is 2.20. The molecule has 9 nitrogen and oxygen atoms in total. The number of ether oxygens (including phenoxy) is 2. The number of hydrogen-bond acceptors (Lipinski definition) is 7. The number of H-pyrrole nitrogens is 1. The highest BCUT2D eigenvalue weighted by molar-refractivity contribution is 6.02. The van der Waals surface area contributed by atoms with Crippen molar-refractivity contribution >= 4 is 23.0 Å². The highest BCUT2D eigenvalue weighted by atomic mass is 16.5. The second-order valence-corrected chi connectivity index (χ2v) is 5.38. The number of fused-ring (bicyclic) bond motifs is 1. The Morgan fingerprint density at radius 1 is 1.26 bits per heavy atom. The number of aromatic hydroxyl groups is 1. The molecule has 1 amide bonds. The number of aromatic nitrogens is 2. The van der Waals surface area contributed by atoms with Crippen molar-refractivity contribution in [3.8, 4) is 17.2 Å². The zero-order chi connectivity index (χ0) is 19.4. The van der Waals surface area contributed by atoms with Crippen LogP contribution in [0.2, 0.25) is 0 Å². The SMILES string of the molecule is COc1cc2[nH]c(=O)c(C(=O)NN=Cc3ccccn3)c(O)c2cc1OC. The molecule has 0 fully saturated rings. The van der Waals surface area contributed by atoms with E-state index in [0.717, 1.165) is 0 Å². The molecule has 1 aromatic carbocycles. The summed E-state index contributed by atoms with van der Waals surface area (Å²) in [4.78, 5) is 31.1. The molecule has 2 aromatic heterocycles. The van der Waals surface area contributed by atoms with Crippen LogP contribution in [0.15, 0.2) is 46.4 Å². The van der Waals surface area contributed by atoms with Gasteiger partial charge in [0, 0.05) is 17.6 Å². The van der Waals surface area contributed by atoms with Gasteiger partial charge < -0.3 is 19.6 Å². The van der Waals surface area contributed by atoms with Crippen LogP contribution in [-0.4, -0.2) is 41.4 Å². The topological polar surface area (TPSA) is 126 Å². The highest BCUT2D eigenvalue weighted by Crippen LogP contribution is 2.35. The van der Waals surface area contributed by atoms with Gasteiger partial charge in [0.15, 0.2) is 11.5 Å². The van der Waals surface area contributed by atoms with Crippen molar-refractivity contribution in [1.82, 2.24) is 15.4 Å². The molecule has 138 valence electrons. The van der Waals surface area contributed by atoms with E-state index >= 15 is 0 Å². The Hall–Kier alpha value is -3.88. The molecule has 0 saturated heterocycles. The van der Waals surface area contributed by atoms with Crippen molar-refractivity contribution in [2.24, 2.45) is 5.10 Å². The van der Waals surface area contributed by atoms with Crippen LogP contribution < -0.4 is 20.5 Å². The Morgan fingerprint density at radius 3 is 2.67 bits per heavy atom. The third-order valence-corrected chi connectivity index (χ3v) is 3.77. The molecule has 3 rings (SSSR count). The summed E-state index contributed by atoms with van der Waals surface area (Å²) < 4.78 is 10.3. The molecule has 3 N–H and O–H groups in total. The minimum absolute atomic E-state index is 0.228. The average Bonchev–Trinajstić information content (AvgIpc) is 2.68. The predicted molar refractivity (Wildman–Crippen MR) is 98.6 cm³/mol. The Balaban J connectivity index is 1.97. The summed E-state index contributed by atoms with van der Waals surface area (Å²) in [7, 11) is 2.88. The summed E-state index contributed by atoms with van der Waals surface area (Å²) in [5, 5.41) is 14.4. The summed E-state index contributed by atoms with van der Waals surface area (Å²) in [6.07, 6.45) is 2.89. The lowest BCUT2D eigenvalue weighted by molar-refractivity contribution is 0.0951. The summed E-state index contributed by atoms with van der Waals surface area (Å²) >= 11 is 0. The molecule has 0 saturated carbocycles. The third kappa shape index (κ3) is 3.56. The largest absolute Gasteiger partial charge is 0.506 e. The molecule has 0 aliphatic carbocycles. The minimum atomic E-state index is -0.863. The maximum Gasteiger partial charge on any atom is 0.280 e. The Morgan fingerprint density at radius 2 is 2.00 bits per heavy atom. The number of benzene rings is 1. The lowest BCUT2D eigenvalue weighted by atomic mass is 10.1. The molecule has 9 heteroatoms. The minimum Gasteiger partial charge on any atom is -0.506 e. The second-order valence-electron chi connectivity index (χ2n) is 5.38. The van der Waals surface area contributed by atoms with Gasteiger partial charge in [0.05, 0.1) is 31.6 Å². The quantitative estimate of drug-likeness (QED) is 0.462. The Kier molecular flexibility index (Phi) is 5.02. The monoisotopic (exact) mass is 368 g/mol. The molecule has 0 unspecified atom stereocenters. The van der Waals surface area contributed by atoms with Crippen molar-refractivity contribution in [3.05, 3.63) is 58.1 Å². The number of nitrogens with zero attached hydrogens (tertiary/aromatic N) is 2. The first-order valence-electron chi connectivity index (χ1n) is 7.80. The van der Waals surface area contributed by atoms with Gasteiger partial charge in [-0.05, 0) is 18.2 Å². The number of carbonyl (C=O) groups is 1. The third-order valence-electron chi connectivity index (χ3n) is 3.77. The van der Waals surface area contributed by atoms with Crippen LogP contribution in [0, 0.1) is 0 Å². The number of hydrazone groups is 1. The van der Waals surface area contributed by atoms with E-state index in [1.165, 1.54) is 32.6 Å². The number of nitrogens with one attached hydrogen (secondary N) is 2. The molecule has 0 bridgehead atoms. The second kappa shape index (κ2) is 7.56. The molecule has 0 aliphatic rings. The van der Waals surface area contributed by atoms with E-state index in [4.69, 9.17) is 9.47 Å². The fraction of sp³-hybridized carbons (Fsp3) is 0.111.